The molecule has 0 unspecified atom stereocenters. The van der Waals surface area contributed by atoms with Gasteiger partial charge in [-0.3, -0.25) is 4.79 Å². The van der Waals surface area contributed by atoms with Crippen molar-refractivity contribution in [2.45, 2.75) is 40.2 Å². The Kier molecular flexibility index (Phi) is 4.61. The van der Waals surface area contributed by atoms with E-state index in [0.717, 1.165) is 6.42 Å². The van der Waals surface area contributed by atoms with E-state index in [1.165, 1.54) is 0 Å². The van der Waals surface area contributed by atoms with Gasteiger partial charge in [-0.2, -0.15) is 0 Å². The van der Waals surface area contributed by atoms with E-state index in [-0.39, 0.29) is 11.9 Å². The topological polar surface area (TPSA) is 46.1 Å². The van der Waals surface area contributed by atoms with Crippen molar-refractivity contribution in [1.82, 2.24) is 14.9 Å². The molecular formula is C13H21N3O. The van der Waals surface area contributed by atoms with E-state index >= 15 is 0 Å². The lowest BCUT2D eigenvalue weighted by molar-refractivity contribution is 0.0722. The fraction of sp³-hybridized carbons (Fsp3) is 0.615. The van der Waals surface area contributed by atoms with Crippen LogP contribution in [0, 0.1) is 12.8 Å². The summed E-state index contributed by atoms with van der Waals surface area (Å²) >= 11 is 0. The molecule has 1 atom stereocenters. The van der Waals surface area contributed by atoms with Crippen LogP contribution < -0.4 is 0 Å². The summed E-state index contributed by atoms with van der Waals surface area (Å²) in [4.78, 5) is 22.1. The van der Waals surface area contributed by atoms with Crippen molar-refractivity contribution in [3.63, 3.8) is 0 Å². The predicted octanol–water partition coefficient (Wildman–Crippen LogP) is 2.29. The van der Waals surface area contributed by atoms with Gasteiger partial charge in [0.1, 0.15) is 11.5 Å². The van der Waals surface area contributed by atoms with Crippen LogP contribution in [0.3, 0.4) is 0 Å². The summed E-state index contributed by atoms with van der Waals surface area (Å²) in [5.74, 6) is 1.16. The van der Waals surface area contributed by atoms with Gasteiger partial charge in [0.2, 0.25) is 0 Å². The third-order valence-electron chi connectivity index (χ3n) is 2.79. The first-order valence-electron chi connectivity index (χ1n) is 5.98. The number of nitrogens with zero attached hydrogens (tertiary/aromatic N) is 3. The van der Waals surface area contributed by atoms with Gasteiger partial charge in [-0.05, 0) is 32.3 Å². The second kappa shape index (κ2) is 5.75. The van der Waals surface area contributed by atoms with Crippen molar-refractivity contribution in [2.24, 2.45) is 5.92 Å². The lowest BCUT2D eigenvalue weighted by Crippen LogP contribution is -2.36. The van der Waals surface area contributed by atoms with Crippen LogP contribution in [0.4, 0.5) is 0 Å². The smallest absolute Gasteiger partial charge is 0.272 e. The molecule has 0 saturated carbocycles. The van der Waals surface area contributed by atoms with Crippen LogP contribution in [-0.2, 0) is 0 Å². The van der Waals surface area contributed by atoms with Gasteiger partial charge in [0, 0.05) is 19.3 Å². The van der Waals surface area contributed by atoms with Crippen LogP contribution in [-0.4, -0.2) is 33.9 Å². The van der Waals surface area contributed by atoms with E-state index in [2.05, 4.69) is 30.7 Å². The van der Waals surface area contributed by atoms with Gasteiger partial charge in [0.15, 0.2) is 0 Å². The zero-order valence-corrected chi connectivity index (χ0v) is 11.3. The predicted molar refractivity (Wildman–Crippen MR) is 67.8 cm³/mol. The van der Waals surface area contributed by atoms with E-state index in [1.807, 2.05) is 7.05 Å². The van der Waals surface area contributed by atoms with Crippen LogP contribution in [0.2, 0.25) is 0 Å². The summed E-state index contributed by atoms with van der Waals surface area (Å²) in [6.45, 7) is 8.16. The molecule has 4 heteroatoms. The average Bonchev–Trinajstić information content (AvgIpc) is 2.26. The molecule has 1 amide bonds. The number of hydrogen-bond acceptors (Lipinski definition) is 3. The van der Waals surface area contributed by atoms with Crippen LogP contribution in [0.1, 0.15) is 43.5 Å². The lowest BCUT2D eigenvalue weighted by Gasteiger charge is -2.26. The summed E-state index contributed by atoms with van der Waals surface area (Å²) in [5, 5.41) is 0. The molecule has 0 N–H and O–H groups in total. The van der Waals surface area contributed by atoms with E-state index in [4.69, 9.17) is 0 Å². The molecule has 1 aromatic heterocycles. The van der Waals surface area contributed by atoms with Gasteiger partial charge in [-0.1, -0.05) is 13.8 Å². The molecule has 1 aromatic rings. The maximum Gasteiger partial charge on any atom is 0.272 e. The molecule has 0 bridgehead atoms. The van der Waals surface area contributed by atoms with Gasteiger partial charge in [-0.25, -0.2) is 9.97 Å². The van der Waals surface area contributed by atoms with Crippen LogP contribution in [0.25, 0.3) is 0 Å². The summed E-state index contributed by atoms with van der Waals surface area (Å²) in [6.07, 6.45) is 2.61. The first-order chi connectivity index (χ1) is 7.91. The summed E-state index contributed by atoms with van der Waals surface area (Å²) < 4.78 is 0. The van der Waals surface area contributed by atoms with Crippen molar-refractivity contribution in [2.75, 3.05) is 7.05 Å². The second-order valence-electron chi connectivity index (χ2n) is 4.88. The highest BCUT2D eigenvalue weighted by Gasteiger charge is 2.19. The molecule has 94 valence electrons. The number of amides is 1. The van der Waals surface area contributed by atoms with Gasteiger partial charge in [-0.15, -0.1) is 0 Å². The zero-order valence-electron chi connectivity index (χ0n) is 11.3. The van der Waals surface area contributed by atoms with E-state index in [1.54, 1.807) is 24.1 Å². The monoisotopic (exact) mass is 235 g/mol. The van der Waals surface area contributed by atoms with Crippen molar-refractivity contribution in [3.05, 3.63) is 23.8 Å². The normalized spacial score (nSPS) is 12.6. The molecule has 0 aliphatic carbocycles. The minimum Gasteiger partial charge on any atom is -0.338 e. The van der Waals surface area contributed by atoms with Crippen molar-refractivity contribution < 1.29 is 4.79 Å². The molecule has 1 heterocycles. The first-order valence-corrected chi connectivity index (χ1v) is 5.98. The highest BCUT2D eigenvalue weighted by Crippen LogP contribution is 2.12. The van der Waals surface area contributed by atoms with Crippen LogP contribution in [0.15, 0.2) is 12.3 Å². The van der Waals surface area contributed by atoms with Crippen LogP contribution >= 0.6 is 0 Å². The Morgan fingerprint density at radius 3 is 2.59 bits per heavy atom. The number of aryl methyl sites for hydroxylation is 1. The molecule has 0 aliphatic rings. The third kappa shape index (κ3) is 3.80. The van der Waals surface area contributed by atoms with Gasteiger partial charge in [0.05, 0.1) is 0 Å². The number of carbonyl (C=O) groups is 1. The molecule has 0 aliphatic heterocycles. The minimum atomic E-state index is -0.0383. The highest BCUT2D eigenvalue weighted by atomic mass is 16.2. The van der Waals surface area contributed by atoms with Gasteiger partial charge >= 0.3 is 0 Å². The first kappa shape index (κ1) is 13.6. The summed E-state index contributed by atoms with van der Waals surface area (Å²) in [5.41, 5.74) is 0.468. The van der Waals surface area contributed by atoms with Crippen molar-refractivity contribution in [1.29, 1.82) is 0 Å². The largest absolute Gasteiger partial charge is 0.338 e. The maximum atomic E-state index is 12.2. The molecule has 17 heavy (non-hydrogen) atoms. The lowest BCUT2D eigenvalue weighted by atomic mass is 10.0. The standard InChI is InChI=1S/C13H21N3O/c1-9(2)8-10(3)16(5)13(17)12-6-7-14-11(4)15-12/h6-7,9-10H,8H2,1-5H3/t10-/m1/s1. The van der Waals surface area contributed by atoms with Gasteiger partial charge < -0.3 is 4.90 Å². The fourth-order valence-electron chi connectivity index (χ4n) is 1.80. The Hall–Kier alpha value is -1.45. The van der Waals surface area contributed by atoms with E-state index in [9.17, 15) is 4.79 Å². The van der Waals surface area contributed by atoms with Crippen molar-refractivity contribution in [3.8, 4) is 0 Å². The highest BCUT2D eigenvalue weighted by molar-refractivity contribution is 5.92. The Bertz CT molecular complexity index is 390. The Labute approximate surface area is 103 Å². The minimum absolute atomic E-state index is 0.0383. The molecular weight excluding hydrogens is 214 g/mol. The summed E-state index contributed by atoms with van der Waals surface area (Å²) in [7, 11) is 1.83. The molecule has 0 radical (unpaired) electrons. The Morgan fingerprint density at radius 2 is 2.06 bits per heavy atom. The average molecular weight is 235 g/mol. The Balaban J connectivity index is 2.76. The molecule has 0 saturated heterocycles. The third-order valence-corrected chi connectivity index (χ3v) is 2.79. The molecule has 0 aromatic carbocycles. The number of carbonyl (C=O) groups excluding carboxylic acids is 1. The summed E-state index contributed by atoms with van der Waals surface area (Å²) in [6, 6.07) is 1.88. The molecule has 1 rings (SSSR count). The molecule has 0 fully saturated rings. The maximum absolute atomic E-state index is 12.2. The number of hydrogen-bond donors (Lipinski definition) is 0. The fourth-order valence-corrected chi connectivity index (χ4v) is 1.80. The van der Waals surface area contributed by atoms with Crippen LogP contribution in [0.5, 0.6) is 0 Å². The number of aromatic nitrogens is 2. The SMILES string of the molecule is Cc1nccc(C(=O)N(C)[C@H](C)CC(C)C)n1. The Morgan fingerprint density at radius 1 is 1.41 bits per heavy atom. The molecule has 0 spiro atoms. The second-order valence-corrected chi connectivity index (χ2v) is 4.88. The zero-order chi connectivity index (χ0) is 13.0. The number of rotatable bonds is 4. The quantitative estimate of drug-likeness (QED) is 0.804. The van der Waals surface area contributed by atoms with Gasteiger partial charge in [0.25, 0.3) is 5.91 Å². The van der Waals surface area contributed by atoms with Crippen molar-refractivity contribution >= 4 is 5.91 Å². The van der Waals surface area contributed by atoms with E-state index < -0.39 is 0 Å². The van der Waals surface area contributed by atoms with E-state index in [0.29, 0.717) is 17.4 Å². The molecule has 4 nitrogen and oxygen atoms in total.